The van der Waals surface area contributed by atoms with Crippen molar-refractivity contribution >= 4 is 11.6 Å². The molecule has 3 N–H and O–H groups in total. The molecule has 0 saturated carbocycles. The lowest BCUT2D eigenvalue weighted by Gasteiger charge is -2.32. The van der Waals surface area contributed by atoms with Crippen LogP contribution in [0.25, 0.3) is 0 Å². The zero-order valence-electron chi connectivity index (χ0n) is 8.62. The Labute approximate surface area is 95.2 Å². The Bertz CT molecular complexity index is 306. The first-order chi connectivity index (χ1) is 7.27. The predicted molar refractivity (Wildman–Crippen MR) is 62.8 cm³/mol. The molecule has 0 radical (unpaired) electrons. The fourth-order valence-corrected chi connectivity index (χ4v) is 1.96. The number of nitrogens with one attached hydrogen (secondary N) is 1. The third-order valence-electron chi connectivity index (χ3n) is 2.76. The van der Waals surface area contributed by atoms with Gasteiger partial charge in [0.25, 0.3) is 0 Å². The minimum Gasteiger partial charge on any atom is -0.314 e. The molecule has 1 aromatic carbocycles. The highest BCUT2D eigenvalue weighted by molar-refractivity contribution is 6.30. The van der Waals surface area contributed by atoms with E-state index in [4.69, 9.17) is 17.3 Å². The second kappa shape index (κ2) is 4.94. The van der Waals surface area contributed by atoms with Crippen molar-refractivity contribution in [2.75, 3.05) is 26.2 Å². The van der Waals surface area contributed by atoms with Gasteiger partial charge in [-0.25, -0.2) is 0 Å². The summed E-state index contributed by atoms with van der Waals surface area (Å²) < 4.78 is 0. The minimum absolute atomic E-state index is 0.00985. The van der Waals surface area contributed by atoms with E-state index in [0.29, 0.717) is 0 Å². The third kappa shape index (κ3) is 2.69. The van der Waals surface area contributed by atoms with Crippen LogP contribution in [-0.2, 0) is 0 Å². The number of piperazine rings is 1. The van der Waals surface area contributed by atoms with Crippen molar-refractivity contribution < 1.29 is 0 Å². The van der Waals surface area contributed by atoms with Crippen molar-refractivity contribution in [3.8, 4) is 0 Å². The number of benzene rings is 1. The van der Waals surface area contributed by atoms with Gasteiger partial charge in [-0.2, -0.15) is 0 Å². The molecule has 1 aliphatic heterocycles. The first-order valence-corrected chi connectivity index (χ1v) is 5.61. The van der Waals surface area contributed by atoms with Crippen LogP contribution in [0.1, 0.15) is 11.7 Å². The number of nitrogens with two attached hydrogens (primary N) is 1. The Kier molecular flexibility index (Phi) is 3.59. The summed E-state index contributed by atoms with van der Waals surface area (Å²) in [6.45, 7) is 4.04. The van der Waals surface area contributed by atoms with E-state index in [9.17, 15) is 0 Å². The lowest BCUT2D eigenvalue weighted by atomic mass is 10.1. The van der Waals surface area contributed by atoms with Gasteiger partial charge in [-0.05, 0) is 17.7 Å². The van der Waals surface area contributed by atoms with Crippen LogP contribution in [0.3, 0.4) is 0 Å². The van der Waals surface area contributed by atoms with Crippen LogP contribution in [0, 0.1) is 0 Å². The highest BCUT2D eigenvalue weighted by Gasteiger charge is 2.17. The summed E-state index contributed by atoms with van der Waals surface area (Å²) in [4.78, 5) is 2.28. The smallest absolute Gasteiger partial charge is 0.0836 e. The molecular formula is C11H16ClN3. The lowest BCUT2D eigenvalue weighted by Crippen LogP contribution is -2.47. The molecule has 1 saturated heterocycles. The molecule has 1 fully saturated rings. The molecule has 0 amide bonds. The van der Waals surface area contributed by atoms with E-state index in [1.165, 1.54) is 0 Å². The third-order valence-corrected chi connectivity index (χ3v) is 3.01. The second-order valence-electron chi connectivity index (χ2n) is 3.78. The Balaban J connectivity index is 2.05. The summed E-state index contributed by atoms with van der Waals surface area (Å²) in [7, 11) is 0. The summed E-state index contributed by atoms with van der Waals surface area (Å²) in [5, 5.41) is 4.07. The molecule has 0 bridgehead atoms. The summed E-state index contributed by atoms with van der Waals surface area (Å²) in [6, 6.07) is 7.77. The van der Waals surface area contributed by atoms with E-state index in [1.54, 1.807) is 0 Å². The van der Waals surface area contributed by atoms with Crippen LogP contribution in [0.15, 0.2) is 24.3 Å². The Morgan fingerprint density at radius 2 is 1.80 bits per heavy atom. The van der Waals surface area contributed by atoms with E-state index in [0.717, 1.165) is 36.8 Å². The summed E-state index contributed by atoms with van der Waals surface area (Å²) in [5.41, 5.74) is 7.30. The molecule has 82 valence electrons. The highest BCUT2D eigenvalue weighted by atomic mass is 35.5. The molecule has 0 aliphatic carbocycles. The van der Waals surface area contributed by atoms with E-state index in [1.807, 2.05) is 24.3 Å². The SMILES string of the molecule is NC(c1ccc(Cl)cc1)N1CCNCC1. The highest BCUT2D eigenvalue weighted by Crippen LogP contribution is 2.18. The Morgan fingerprint density at radius 1 is 1.20 bits per heavy atom. The predicted octanol–water partition coefficient (Wildman–Crippen LogP) is 1.20. The largest absolute Gasteiger partial charge is 0.314 e. The van der Waals surface area contributed by atoms with Gasteiger partial charge in [-0.3, -0.25) is 4.90 Å². The zero-order chi connectivity index (χ0) is 10.7. The number of hydrogen-bond donors (Lipinski definition) is 2. The normalized spacial score (nSPS) is 20.1. The van der Waals surface area contributed by atoms with Gasteiger partial charge < -0.3 is 11.1 Å². The molecular weight excluding hydrogens is 210 g/mol. The molecule has 0 aromatic heterocycles. The first-order valence-electron chi connectivity index (χ1n) is 5.23. The number of nitrogens with zero attached hydrogens (tertiary/aromatic N) is 1. The van der Waals surface area contributed by atoms with Crippen molar-refractivity contribution in [1.29, 1.82) is 0 Å². The number of hydrogen-bond acceptors (Lipinski definition) is 3. The standard InChI is InChI=1S/C11H16ClN3/c12-10-3-1-9(2-4-10)11(13)15-7-5-14-6-8-15/h1-4,11,14H,5-8,13H2. The maximum atomic E-state index is 6.17. The number of halogens is 1. The molecule has 1 aliphatic rings. The van der Waals surface area contributed by atoms with E-state index >= 15 is 0 Å². The van der Waals surface area contributed by atoms with Gasteiger partial charge in [0.1, 0.15) is 0 Å². The van der Waals surface area contributed by atoms with E-state index in [-0.39, 0.29) is 6.17 Å². The fraction of sp³-hybridized carbons (Fsp3) is 0.455. The van der Waals surface area contributed by atoms with Gasteiger partial charge in [0, 0.05) is 31.2 Å². The molecule has 15 heavy (non-hydrogen) atoms. The monoisotopic (exact) mass is 225 g/mol. The van der Waals surface area contributed by atoms with Crippen molar-refractivity contribution in [2.45, 2.75) is 6.17 Å². The van der Waals surface area contributed by atoms with Gasteiger partial charge in [0.05, 0.1) is 6.17 Å². The number of rotatable bonds is 2. The van der Waals surface area contributed by atoms with Gasteiger partial charge in [0.2, 0.25) is 0 Å². The second-order valence-corrected chi connectivity index (χ2v) is 4.22. The first kappa shape index (κ1) is 10.9. The van der Waals surface area contributed by atoms with Crippen LogP contribution >= 0.6 is 11.6 Å². The fourth-order valence-electron chi connectivity index (χ4n) is 1.83. The summed E-state index contributed by atoms with van der Waals surface area (Å²) in [6.07, 6.45) is -0.00985. The van der Waals surface area contributed by atoms with Gasteiger partial charge >= 0.3 is 0 Å². The van der Waals surface area contributed by atoms with Crippen LogP contribution in [0.5, 0.6) is 0 Å². The van der Waals surface area contributed by atoms with Gasteiger partial charge in [0.15, 0.2) is 0 Å². The summed E-state index contributed by atoms with van der Waals surface area (Å²) in [5.74, 6) is 0. The van der Waals surface area contributed by atoms with Gasteiger partial charge in [-0.1, -0.05) is 23.7 Å². The molecule has 4 heteroatoms. The van der Waals surface area contributed by atoms with Crippen molar-refractivity contribution in [2.24, 2.45) is 5.73 Å². The van der Waals surface area contributed by atoms with Gasteiger partial charge in [-0.15, -0.1) is 0 Å². The Hall–Kier alpha value is -0.610. The minimum atomic E-state index is -0.00985. The molecule has 1 atom stereocenters. The average Bonchev–Trinajstić information content (AvgIpc) is 2.30. The zero-order valence-corrected chi connectivity index (χ0v) is 9.37. The van der Waals surface area contributed by atoms with E-state index in [2.05, 4.69) is 10.2 Å². The van der Waals surface area contributed by atoms with Crippen LogP contribution in [0.2, 0.25) is 5.02 Å². The van der Waals surface area contributed by atoms with Crippen LogP contribution < -0.4 is 11.1 Å². The Morgan fingerprint density at radius 3 is 2.40 bits per heavy atom. The maximum Gasteiger partial charge on any atom is 0.0836 e. The van der Waals surface area contributed by atoms with Crippen LogP contribution in [-0.4, -0.2) is 31.1 Å². The molecule has 2 rings (SSSR count). The topological polar surface area (TPSA) is 41.3 Å². The van der Waals surface area contributed by atoms with Crippen LogP contribution in [0.4, 0.5) is 0 Å². The molecule has 3 nitrogen and oxygen atoms in total. The molecule has 1 aromatic rings. The average molecular weight is 226 g/mol. The molecule has 0 spiro atoms. The quantitative estimate of drug-likeness (QED) is 0.795. The summed E-state index contributed by atoms with van der Waals surface area (Å²) >= 11 is 5.84. The van der Waals surface area contributed by atoms with Crippen molar-refractivity contribution in [3.63, 3.8) is 0 Å². The molecule has 1 heterocycles. The molecule has 1 unspecified atom stereocenters. The van der Waals surface area contributed by atoms with Crippen molar-refractivity contribution in [3.05, 3.63) is 34.9 Å². The maximum absolute atomic E-state index is 6.17. The van der Waals surface area contributed by atoms with Crippen molar-refractivity contribution in [1.82, 2.24) is 10.2 Å². The van der Waals surface area contributed by atoms with E-state index < -0.39 is 0 Å². The lowest BCUT2D eigenvalue weighted by molar-refractivity contribution is 0.177.